The lowest BCUT2D eigenvalue weighted by Crippen LogP contribution is -2.67. The van der Waals surface area contributed by atoms with E-state index < -0.39 is 0 Å². The van der Waals surface area contributed by atoms with Crippen LogP contribution in [0.5, 0.6) is 0 Å². The highest BCUT2D eigenvalue weighted by Crippen LogP contribution is 2.42. The molecule has 198 valence electrons. The van der Waals surface area contributed by atoms with Crippen LogP contribution in [0.4, 0.5) is 11.6 Å². The third-order valence-corrected chi connectivity index (χ3v) is 9.18. The molecule has 13 heteroatoms. The molecule has 6 rings (SSSR count). The van der Waals surface area contributed by atoms with Crippen LogP contribution in [-0.2, 0) is 5.54 Å². The van der Waals surface area contributed by atoms with Crippen molar-refractivity contribution in [1.82, 2.24) is 44.9 Å². The first-order valence-corrected chi connectivity index (χ1v) is 14.4. The van der Waals surface area contributed by atoms with E-state index in [0.29, 0.717) is 12.4 Å². The number of thiophene rings is 1. The number of tetrazole rings is 1. The number of nitrogens with zero attached hydrogens (tertiary/aromatic N) is 10. The van der Waals surface area contributed by atoms with E-state index in [0.717, 1.165) is 51.7 Å². The number of fused-ring (bicyclic) bond motifs is 1. The first-order chi connectivity index (χ1) is 18.9. The molecular formula is C26H27N11S2. The van der Waals surface area contributed by atoms with Gasteiger partial charge >= 0.3 is 0 Å². The molecule has 0 unspecified atom stereocenters. The standard InChI is InChI=1S/C26H27N11S2/c1-4-39-25(2,3)35-15-26(16-35,10-11-27)37-14-18(13-29-37)22-23-21(9-12-38-23)31-24(32-22)30-19-5-7-20(8-6-19)36-17-28-33-34-36/h5-9,12-14,17H,4,10,15-16H2,1-3H3,(H,30,31,32). The van der Waals surface area contributed by atoms with E-state index in [1.165, 1.54) is 0 Å². The molecule has 1 aromatic carbocycles. The summed E-state index contributed by atoms with van der Waals surface area (Å²) in [4.78, 5) is 12.1. The molecule has 0 bridgehead atoms. The van der Waals surface area contributed by atoms with E-state index in [1.807, 2.05) is 64.5 Å². The largest absolute Gasteiger partial charge is 0.324 e. The van der Waals surface area contributed by atoms with Gasteiger partial charge in [0, 0.05) is 30.5 Å². The van der Waals surface area contributed by atoms with Gasteiger partial charge in [-0.3, -0.25) is 9.58 Å². The number of nitriles is 1. The smallest absolute Gasteiger partial charge is 0.228 e. The van der Waals surface area contributed by atoms with Gasteiger partial charge in [-0.2, -0.15) is 10.4 Å². The van der Waals surface area contributed by atoms with Crippen molar-refractivity contribution in [3.8, 4) is 23.0 Å². The number of nitrogens with one attached hydrogen (secondary N) is 1. The Morgan fingerprint density at radius 2 is 2.00 bits per heavy atom. The van der Waals surface area contributed by atoms with Crippen LogP contribution in [-0.4, -0.2) is 68.6 Å². The van der Waals surface area contributed by atoms with Crippen molar-refractivity contribution < 1.29 is 0 Å². The molecule has 0 spiro atoms. The zero-order chi connectivity index (χ0) is 27.0. The molecule has 0 radical (unpaired) electrons. The third kappa shape index (κ3) is 4.75. The highest BCUT2D eigenvalue weighted by molar-refractivity contribution is 8.00. The number of rotatable bonds is 9. The maximum Gasteiger partial charge on any atom is 0.228 e. The second-order valence-electron chi connectivity index (χ2n) is 9.93. The summed E-state index contributed by atoms with van der Waals surface area (Å²) in [6.45, 7) is 8.24. The summed E-state index contributed by atoms with van der Waals surface area (Å²) < 4.78 is 4.57. The molecule has 39 heavy (non-hydrogen) atoms. The summed E-state index contributed by atoms with van der Waals surface area (Å²) in [5.74, 6) is 1.55. The van der Waals surface area contributed by atoms with Gasteiger partial charge in [-0.1, -0.05) is 6.92 Å². The maximum atomic E-state index is 9.65. The number of anilines is 2. The van der Waals surface area contributed by atoms with Crippen LogP contribution in [0.1, 0.15) is 27.2 Å². The SMILES string of the molecule is CCSC(C)(C)N1CC(CC#N)(n2cc(-c3nc(Nc4ccc(-n5cnnn5)cc4)nc4ccsc34)cn2)C1. The Hall–Kier alpha value is -3.86. The molecule has 1 aliphatic heterocycles. The molecule has 0 atom stereocenters. The minimum atomic E-state index is -0.345. The second kappa shape index (κ2) is 10.0. The van der Waals surface area contributed by atoms with Gasteiger partial charge in [-0.15, -0.1) is 28.2 Å². The average Bonchev–Trinajstić information content (AvgIpc) is 3.68. The second-order valence-corrected chi connectivity index (χ2v) is 12.7. The molecule has 0 saturated carbocycles. The van der Waals surface area contributed by atoms with Crippen LogP contribution in [0.2, 0.25) is 0 Å². The first-order valence-electron chi connectivity index (χ1n) is 12.6. The maximum absolute atomic E-state index is 9.65. The number of hydrogen-bond acceptors (Lipinski definition) is 11. The Balaban J connectivity index is 1.28. The number of hydrogen-bond donors (Lipinski definition) is 1. The molecule has 5 aromatic rings. The molecule has 0 amide bonds. The van der Waals surface area contributed by atoms with Gasteiger partial charge in [0.05, 0.1) is 45.2 Å². The number of thioether (sulfide) groups is 1. The summed E-state index contributed by atoms with van der Waals surface area (Å²) in [7, 11) is 0. The monoisotopic (exact) mass is 557 g/mol. The highest BCUT2D eigenvalue weighted by atomic mass is 32.2. The summed E-state index contributed by atoms with van der Waals surface area (Å²) in [6.07, 6.45) is 5.83. The molecule has 1 N–H and O–H groups in total. The van der Waals surface area contributed by atoms with Crippen molar-refractivity contribution in [3.05, 3.63) is 54.4 Å². The van der Waals surface area contributed by atoms with Crippen molar-refractivity contribution in [1.29, 1.82) is 5.26 Å². The predicted octanol–water partition coefficient (Wildman–Crippen LogP) is 4.69. The molecule has 0 aliphatic carbocycles. The molecule has 1 saturated heterocycles. The zero-order valence-corrected chi connectivity index (χ0v) is 23.4. The van der Waals surface area contributed by atoms with Gasteiger partial charge < -0.3 is 5.32 Å². The van der Waals surface area contributed by atoms with E-state index in [2.05, 4.69) is 52.6 Å². The Labute approximate surface area is 233 Å². The number of aromatic nitrogens is 8. The minimum Gasteiger partial charge on any atom is -0.324 e. The summed E-state index contributed by atoms with van der Waals surface area (Å²) in [5.41, 5.74) is 3.94. The summed E-state index contributed by atoms with van der Waals surface area (Å²) >= 11 is 3.52. The molecular weight excluding hydrogens is 530 g/mol. The van der Waals surface area contributed by atoms with Gasteiger partial charge in [-0.25, -0.2) is 14.6 Å². The van der Waals surface area contributed by atoms with Crippen molar-refractivity contribution in [3.63, 3.8) is 0 Å². The summed E-state index contributed by atoms with van der Waals surface area (Å²) in [6, 6.07) is 12.1. The van der Waals surface area contributed by atoms with E-state index in [-0.39, 0.29) is 10.4 Å². The van der Waals surface area contributed by atoms with Gasteiger partial charge in [0.25, 0.3) is 0 Å². The van der Waals surface area contributed by atoms with Gasteiger partial charge in [0.15, 0.2) is 0 Å². The van der Waals surface area contributed by atoms with Crippen molar-refractivity contribution in [2.45, 2.75) is 37.6 Å². The van der Waals surface area contributed by atoms with Crippen LogP contribution in [0, 0.1) is 11.3 Å². The normalized spacial score (nSPS) is 15.2. The Kier molecular flexibility index (Phi) is 6.54. The Morgan fingerprint density at radius 1 is 1.18 bits per heavy atom. The fourth-order valence-electron chi connectivity index (χ4n) is 4.90. The number of benzene rings is 1. The Morgan fingerprint density at radius 3 is 2.72 bits per heavy atom. The van der Waals surface area contributed by atoms with E-state index in [9.17, 15) is 5.26 Å². The predicted molar refractivity (Wildman–Crippen MR) is 153 cm³/mol. The third-order valence-electron chi connectivity index (χ3n) is 7.02. The zero-order valence-electron chi connectivity index (χ0n) is 21.8. The van der Waals surface area contributed by atoms with Crippen LogP contribution in [0.15, 0.2) is 54.4 Å². The highest BCUT2D eigenvalue weighted by Gasteiger charge is 2.50. The molecule has 1 fully saturated rings. The molecule has 4 aromatic heterocycles. The van der Waals surface area contributed by atoms with Crippen LogP contribution < -0.4 is 5.32 Å². The lowest BCUT2D eigenvalue weighted by atomic mass is 9.85. The van der Waals surface area contributed by atoms with E-state index in [4.69, 9.17) is 15.1 Å². The lowest BCUT2D eigenvalue weighted by Gasteiger charge is -2.55. The average molecular weight is 558 g/mol. The molecule has 1 aliphatic rings. The lowest BCUT2D eigenvalue weighted by molar-refractivity contribution is -0.0276. The minimum absolute atomic E-state index is 0.0183. The first kappa shape index (κ1) is 25.4. The topological polar surface area (TPSA) is 126 Å². The van der Waals surface area contributed by atoms with Crippen LogP contribution in [0.25, 0.3) is 27.2 Å². The fraction of sp³-hybridized carbons (Fsp3) is 0.346. The van der Waals surface area contributed by atoms with E-state index in [1.54, 1.807) is 22.3 Å². The van der Waals surface area contributed by atoms with E-state index >= 15 is 0 Å². The molecule has 5 heterocycles. The Bertz CT molecular complexity index is 1620. The van der Waals surface area contributed by atoms with Crippen molar-refractivity contribution in [2.24, 2.45) is 0 Å². The summed E-state index contributed by atoms with van der Waals surface area (Å²) in [5, 5.41) is 31.0. The van der Waals surface area contributed by atoms with Gasteiger partial charge in [0.1, 0.15) is 11.9 Å². The quantitative estimate of drug-likeness (QED) is 0.273. The van der Waals surface area contributed by atoms with Crippen LogP contribution >= 0.6 is 23.1 Å². The number of likely N-dealkylation sites (tertiary alicyclic amines) is 1. The van der Waals surface area contributed by atoms with Crippen molar-refractivity contribution in [2.75, 3.05) is 24.2 Å². The van der Waals surface area contributed by atoms with Crippen molar-refractivity contribution >= 4 is 45.0 Å². The van der Waals surface area contributed by atoms with Crippen LogP contribution in [0.3, 0.4) is 0 Å². The fourth-order valence-corrected chi connectivity index (χ4v) is 6.76. The molecule has 11 nitrogen and oxygen atoms in total. The van der Waals surface area contributed by atoms with Gasteiger partial charge in [-0.05, 0) is 65.7 Å². The van der Waals surface area contributed by atoms with Gasteiger partial charge in [0.2, 0.25) is 5.95 Å².